The van der Waals surface area contributed by atoms with E-state index in [1.165, 1.54) is 24.3 Å². The van der Waals surface area contributed by atoms with Crippen LogP contribution in [0.4, 0.5) is 5.69 Å². The number of phenols is 2. The molecule has 36 heteroatoms. The molecule has 35 nitrogen and oxygen atoms in total. The lowest BCUT2D eigenvalue weighted by Crippen LogP contribution is -2.60. The Hall–Kier alpha value is -9.24. The van der Waals surface area contributed by atoms with Gasteiger partial charge in [0.1, 0.15) is 65.3 Å². The number of unbranched alkanes of at least 4 members (excludes halogenated alkanes) is 10. The molecule has 8 atom stereocenters. The van der Waals surface area contributed by atoms with Crippen LogP contribution in [0.15, 0.2) is 54.6 Å². The van der Waals surface area contributed by atoms with Crippen LogP contribution in [0.2, 0.25) is 0 Å². The van der Waals surface area contributed by atoms with Crippen molar-refractivity contribution in [3.63, 3.8) is 0 Å². The third kappa shape index (κ3) is 31.2. The summed E-state index contributed by atoms with van der Waals surface area (Å²) in [5.74, 6) is -7.25. The number of ether oxygens (including phenoxy) is 2. The number of thiocarbonyl (C=S) groups is 1. The summed E-state index contributed by atoms with van der Waals surface area (Å²) in [6.07, 6.45) is 9.65. The van der Waals surface area contributed by atoms with Crippen molar-refractivity contribution < 1.29 is 72.4 Å². The van der Waals surface area contributed by atoms with E-state index in [0.29, 0.717) is 171 Å². The normalized spacial score (nSPS) is 14.4. The SMILES string of the molecule is NCCCC[C@H](NC(=O)[C@H](CCCCN)NC(=O)[C@H](CCCCN)NC(=O)[C@H](CCCCN)NC(=O)[C@H](CCCCN)NC(=O)[C@H](CCCCN)NC(=O)[C@H](CCCCN)NC(=O)[C@H](CCCCN)NCC(=O)NC(=O)CCCCCNC(=S)Nc1ccc2c(c1)C(=O)OC21c2ccc(O)cc2Oc2cc(O)ccc21)C(N)=O. The summed E-state index contributed by atoms with van der Waals surface area (Å²) < 4.78 is 12.2. The number of nitrogens with two attached hydrogens (primary N) is 9. The Balaban J connectivity index is 1.19. The largest absolute Gasteiger partial charge is 0.508 e. The van der Waals surface area contributed by atoms with Gasteiger partial charge in [0.25, 0.3) is 0 Å². The first kappa shape index (κ1) is 94.4. The lowest BCUT2D eigenvalue weighted by molar-refractivity contribution is -0.136. The third-order valence-corrected chi connectivity index (χ3v) is 19.8. The minimum atomic E-state index is -1.43. The van der Waals surface area contributed by atoms with E-state index in [1.54, 1.807) is 30.3 Å². The zero-order valence-corrected chi connectivity index (χ0v) is 65.8. The van der Waals surface area contributed by atoms with Gasteiger partial charge >= 0.3 is 5.97 Å². The number of aromatic hydroxyl groups is 2. The van der Waals surface area contributed by atoms with Crippen LogP contribution in [0.3, 0.4) is 0 Å². The molecule has 628 valence electrons. The maximum Gasteiger partial charge on any atom is 0.340 e. The molecule has 0 bridgehead atoms. The lowest BCUT2D eigenvalue weighted by atomic mass is 9.77. The van der Waals surface area contributed by atoms with Gasteiger partial charge in [-0.15, -0.1) is 0 Å². The number of hydrogen-bond donors (Lipinski definition) is 22. The maximum absolute atomic E-state index is 14.7. The standard InChI is InChI=1S/C77H124N20O15S/c78-35-11-3-20-55(67(86)102)90-69(104)57(22-5-13-37-80)92-71(106)59(24-7-15-39-82)94-73(108)61(26-9-17-41-84)96-74(109)62(27-10-18-42-85)95-72(107)60(25-8-16-40-83)93-70(105)58(23-6-14-38-81)91-68(103)56(21-4-12-36-79)88-47-66(101)97-65(100)28-2-1-19-43-87-76(113)89-48-29-32-52-51(44-48)75(110)112-77(52)53-33-30-49(98)45-63(53)111-64-46-50(99)31-34-54(64)77/h29-34,44-46,55-62,88,98-99H,1-28,35-43,47,78-85H2,(H2,86,102)(H,90,104)(H,91,103)(H,92,106)(H,93,105)(H,94,108)(H,95,107)(H,96,109)(H2,87,89,113)(H,97,100,101)/t55-,56-,57-,58-,59-,60-,61-,62-/m0/s1. The molecule has 10 amide bonds. The van der Waals surface area contributed by atoms with E-state index in [0.717, 1.165) is 0 Å². The number of imide groups is 1. The molecule has 3 aromatic carbocycles. The van der Waals surface area contributed by atoms with Gasteiger partial charge in [0.05, 0.1) is 18.2 Å². The molecule has 31 N–H and O–H groups in total. The molecule has 0 saturated heterocycles. The van der Waals surface area contributed by atoms with Crippen LogP contribution in [0, 0.1) is 0 Å². The van der Waals surface area contributed by atoms with E-state index in [-0.39, 0.29) is 124 Å². The highest BCUT2D eigenvalue weighted by Crippen LogP contribution is 2.57. The fourth-order valence-electron chi connectivity index (χ4n) is 13.3. The van der Waals surface area contributed by atoms with Gasteiger partial charge in [-0.1, -0.05) is 18.9 Å². The zero-order valence-electron chi connectivity index (χ0n) is 65.0. The van der Waals surface area contributed by atoms with Gasteiger partial charge < -0.3 is 119 Å². The van der Waals surface area contributed by atoms with Crippen molar-refractivity contribution in [2.24, 2.45) is 51.6 Å². The molecule has 2 aliphatic heterocycles. The van der Waals surface area contributed by atoms with E-state index >= 15 is 0 Å². The second kappa shape index (κ2) is 51.5. The average Bonchev–Trinajstić information content (AvgIpc) is 1.59. The molecule has 0 radical (unpaired) electrons. The van der Waals surface area contributed by atoms with Gasteiger partial charge in [0.15, 0.2) is 10.7 Å². The summed E-state index contributed by atoms with van der Waals surface area (Å²) in [6, 6.07) is 4.57. The third-order valence-electron chi connectivity index (χ3n) is 19.5. The highest BCUT2D eigenvalue weighted by molar-refractivity contribution is 7.80. The number of rotatable bonds is 57. The number of esters is 1. The number of amides is 10. The zero-order chi connectivity index (χ0) is 82.7. The summed E-state index contributed by atoms with van der Waals surface area (Å²) >= 11 is 5.57. The van der Waals surface area contributed by atoms with E-state index in [9.17, 15) is 63.0 Å². The first-order valence-electron chi connectivity index (χ1n) is 39.8. The molecule has 0 fully saturated rings. The molecule has 1 spiro atoms. The van der Waals surface area contributed by atoms with Crippen LogP contribution < -0.4 is 115 Å². The second-order valence-electron chi connectivity index (χ2n) is 28.5. The molecule has 2 heterocycles. The molecule has 3 aromatic rings. The topological polar surface area (TPSA) is 613 Å². The van der Waals surface area contributed by atoms with Crippen LogP contribution in [-0.2, 0) is 58.3 Å². The Bertz CT molecular complexity index is 3550. The summed E-state index contributed by atoms with van der Waals surface area (Å²) in [6.45, 7) is 2.27. The fourth-order valence-corrected chi connectivity index (χ4v) is 13.5. The highest BCUT2D eigenvalue weighted by atomic mass is 32.1. The van der Waals surface area contributed by atoms with Crippen molar-refractivity contribution in [2.45, 2.75) is 234 Å². The van der Waals surface area contributed by atoms with E-state index in [1.807, 2.05) is 0 Å². The molecule has 0 unspecified atom stereocenters. The monoisotopic (exact) mass is 1600 g/mol. The van der Waals surface area contributed by atoms with Crippen LogP contribution in [0.1, 0.15) is 207 Å². The number of phenolic OH excluding ortho intramolecular Hbond substituents is 2. The Morgan fingerprint density at radius 1 is 0.398 bits per heavy atom. The Labute approximate surface area is 666 Å². The number of hydrogen-bond acceptors (Lipinski definition) is 25. The van der Waals surface area contributed by atoms with Gasteiger partial charge in [0.2, 0.25) is 59.1 Å². The van der Waals surface area contributed by atoms with Gasteiger partial charge in [0, 0.05) is 47.5 Å². The number of nitrogens with one attached hydrogen (secondary N) is 11. The number of fused-ring (bicyclic) bond motifs is 6. The van der Waals surface area contributed by atoms with Crippen molar-refractivity contribution in [1.29, 1.82) is 0 Å². The first-order chi connectivity index (χ1) is 54.4. The quantitative estimate of drug-likeness (QED) is 0.0201. The van der Waals surface area contributed by atoms with Crippen LogP contribution >= 0.6 is 12.2 Å². The highest BCUT2D eigenvalue weighted by Gasteiger charge is 2.54. The van der Waals surface area contributed by atoms with E-state index < -0.39 is 126 Å². The second-order valence-corrected chi connectivity index (χ2v) is 28.9. The molecule has 113 heavy (non-hydrogen) atoms. The van der Waals surface area contributed by atoms with Gasteiger partial charge in [-0.2, -0.15) is 0 Å². The molecular weight excluding hydrogens is 1480 g/mol. The number of carbonyl (C=O) groups excluding carboxylic acids is 11. The van der Waals surface area contributed by atoms with Crippen molar-refractivity contribution in [3.05, 3.63) is 76.9 Å². The van der Waals surface area contributed by atoms with Gasteiger partial charge in [-0.3, -0.25) is 58.6 Å². The summed E-state index contributed by atoms with van der Waals surface area (Å²) in [7, 11) is 0. The van der Waals surface area contributed by atoms with Gasteiger partial charge in [-0.05, 0) is 261 Å². The summed E-state index contributed by atoms with van der Waals surface area (Å²) in [5, 5.41) is 51.8. The molecule has 0 aromatic heterocycles. The number of benzene rings is 3. The number of anilines is 1. The van der Waals surface area contributed by atoms with E-state index in [4.69, 9.17) is 73.3 Å². The van der Waals surface area contributed by atoms with Crippen molar-refractivity contribution in [3.8, 4) is 23.0 Å². The number of carbonyl (C=O) groups is 11. The van der Waals surface area contributed by atoms with E-state index in [2.05, 4.69) is 58.5 Å². The Morgan fingerprint density at radius 3 is 1.10 bits per heavy atom. The summed E-state index contributed by atoms with van der Waals surface area (Å²) in [5.41, 5.74) is 53.1. The predicted molar refractivity (Wildman–Crippen MR) is 432 cm³/mol. The maximum atomic E-state index is 14.7. The fraction of sp³-hybridized carbons (Fsp3) is 0.610. The molecule has 2 aliphatic rings. The molecular formula is C77H124N20O15S. The molecule has 0 aliphatic carbocycles. The number of primary amides is 1. The smallest absolute Gasteiger partial charge is 0.340 e. The minimum absolute atomic E-state index is 0.0108. The summed E-state index contributed by atoms with van der Waals surface area (Å²) in [4.78, 5) is 153. The van der Waals surface area contributed by atoms with Crippen molar-refractivity contribution in [2.75, 3.05) is 70.8 Å². The van der Waals surface area contributed by atoms with Crippen LogP contribution in [-0.4, -0.2) is 194 Å². The van der Waals surface area contributed by atoms with Crippen LogP contribution in [0.25, 0.3) is 0 Å². The van der Waals surface area contributed by atoms with Gasteiger partial charge in [-0.25, -0.2) is 4.79 Å². The van der Waals surface area contributed by atoms with Crippen LogP contribution in [0.5, 0.6) is 23.0 Å². The Morgan fingerprint density at radius 2 is 0.735 bits per heavy atom. The lowest BCUT2D eigenvalue weighted by Gasteiger charge is -2.36. The predicted octanol–water partition coefficient (Wildman–Crippen LogP) is 0.0245. The van der Waals surface area contributed by atoms with Crippen molar-refractivity contribution >= 4 is 88.1 Å². The Kier molecular flexibility index (Phi) is 43.0. The molecule has 0 saturated carbocycles. The average molecular weight is 1600 g/mol. The first-order valence-corrected chi connectivity index (χ1v) is 40.2. The molecule has 5 rings (SSSR count). The van der Waals surface area contributed by atoms with Crippen molar-refractivity contribution in [1.82, 2.24) is 53.2 Å². The minimum Gasteiger partial charge on any atom is -0.508 e.